The first kappa shape index (κ1) is 14.6. The molecule has 3 fully saturated rings. The van der Waals surface area contributed by atoms with Crippen LogP contribution in [0.4, 0.5) is 4.79 Å². The highest BCUT2D eigenvalue weighted by Crippen LogP contribution is 2.52. The van der Waals surface area contributed by atoms with Crippen LogP contribution in [-0.2, 0) is 9.53 Å². The highest BCUT2D eigenvalue weighted by atomic mass is 16.5. The molecule has 21 heavy (non-hydrogen) atoms. The predicted molar refractivity (Wildman–Crippen MR) is 77.8 cm³/mol. The van der Waals surface area contributed by atoms with Gasteiger partial charge < -0.3 is 19.9 Å². The number of ether oxygens (including phenoxy) is 1. The molecule has 118 valence electrons. The Labute approximate surface area is 125 Å². The molecule has 3 aliphatic rings. The van der Waals surface area contributed by atoms with Crippen molar-refractivity contribution in [2.45, 2.75) is 38.8 Å². The maximum absolute atomic E-state index is 12.5. The van der Waals surface area contributed by atoms with E-state index in [-0.39, 0.29) is 35.4 Å². The number of nitrogens with zero attached hydrogens (tertiary/aromatic N) is 2. The molecule has 3 rings (SSSR count). The number of nitrogens with one attached hydrogen (secondary N) is 1. The van der Waals surface area contributed by atoms with Crippen molar-refractivity contribution in [3.05, 3.63) is 0 Å². The van der Waals surface area contributed by atoms with Crippen LogP contribution in [0.1, 0.15) is 26.7 Å². The first-order chi connectivity index (χ1) is 9.94. The lowest BCUT2D eigenvalue weighted by Crippen LogP contribution is -2.53. The molecule has 2 heterocycles. The zero-order valence-electron chi connectivity index (χ0n) is 13.1. The summed E-state index contributed by atoms with van der Waals surface area (Å²) < 4.78 is 5.07. The highest BCUT2D eigenvalue weighted by molar-refractivity contribution is 5.83. The molecule has 1 aliphatic carbocycles. The lowest BCUT2D eigenvalue weighted by molar-refractivity contribution is -0.135. The van der Waals surface area contributed by atoms with Gasteiger partial charge in [-0.1, -0.05) is 13.8 Å². The van der Waals surface area contributed by atoms with Crippen LogP contribution in [0.25, 0.3) is 0 Å². The van der Waals surface area contributed by atoms with Crippen LogP contribution in [-0.4, -0.2) is 67.2 Å². The SMILES string of the molecule is COCCN1C(=O)N[C@@H]2CN(C(=O)[C@H]3CC3(C)C)CC[C@@H]21. The Morgan fingerprint density at radius 1 is 1.48 bits per heavy atom. The Morgan fingerprint density at radius 2 is 2.19 bits per heavy atom. The second-order valence-electron chi connectivity index (χ2n) is 7.13. The van der Waals surface area contributed by atoms with E-state index in [9.17, 15) is 9.59 Å². The van der Waals surface area contributed by atoms with E-state index in [4.69, 9.17) is 4.74 Å². The lowest BCUT2D eigenvalue weighted by Gasteiger charge is -2.37. The molecule has 0 bridgehead atoms. The topological polar surface area (TPSA) is 61.9 Å². The molecule has 1 N–H and O–H groups in total. The van der Waals surface area contributed by atoms with Crippen LogP contribution in [0, 0.1) is 11.3 Å². The zero-order valence-corrected chi connectivity index (χ0v) is 13.1. The van der Waals surface area contributed by atoms with E-state index in [1.807, 2.05) is 9.80 Å². The summed E-state index contributed by atoms with van der Waals surface area (Å²) in [6, 6.07) is 0.237. The molecule has 6 heteroatoms. The average Bonchev–Trinajstić information content (AvgIpc) is 2.96. The molecular formula is C15H25N3O3. The summed E-state index contributed by atoms with van der Waals surface area (Å²) in [5.41, 5.74) is 0.164. The Kier molecular flexibility index (Phi) is 3.59. The minimum Gasteiger partial charge on any atom is -0.383 e. The number of rotatable bonds is 4. The van der Waals surface area contributed by atoms with Crippen molar-refractivity contribution in [3.8, 4) is 0 Å². The molecule has 0 radical (unpaired) electrons. The number of hydrogen-bond acceptors (Lipinski definition) is 3. The second-order valence-corrected chi connectivity index (χ2v) is 7.13. The Bertz CT molecular complexity index is 451. The molecular weight excluding hydrogens is 270 g/mol. The van der Waals surface area contributed by atoms with Gasteiger partial charge >= 0.3 is 6.03 Å². The largest absolute Gasteiger partial charge is 0.383 e. The molecule has 0 aromatic heterocycles. The first-order valence-electron chi connectivity index (χ1n) is 7.79. The quantitative estimate of drug-likeness (QED) is 0.829. The zero-order chi connectivity index (χ0) is 15.2. The summed E-state index contributed by atoms with van der Waals surface area (Å²) in [6.45, 7) is 6.86. The summed E-state index contributed by atoms with van der Waals surface area (Å²) >= 11 is 0. The van der Waals surface area contributed by atoms with Gasteiger partial charge in [0.2, 0.25) is 5.91 Å². The van der Waals surface area contributed by atoms with Gasteiger partial charge in [-0.3, -0.25) is 4.79 Å². The molecule has 0 aromatic carbocycles. The number of fused-ring (bicyclic) bond motifs is 1. The fourth-order valence-corrected chi connectivity index (χ4v) is 3.61. The summed E-state index contributed by atoms with van der Waals surface area (Å²) in [7, 11) is 1.64. The number of methoxy groups -OCH3 is 1. The molecule has 1 saturated carbocycles. The Hall–Kier alpha value is -1.30. The highest BCUT2D eigenvalue weighted by Gasteiger charge is 2.53. The van der Waals surface area contributed by atoms with E-state index >= 15 is 0 Å². The van der Waals surface area contributed by atoms with E-state index in [1.165, 1.54) is 0 Å². The average molecular weight is 295 g/mol. The molecule has 3 atom stereocenters. The first-order valence-corrected chi connectivity index (χ1v) is 7.79. The molecule has 2 saturated heterocycles. The number of likely N-dealkylation sites (tertiary alicyclic amines) is 1. The van der Waals surface area contributed by atoms with Gasteiger partial charge in [-0.2, -0.15) is 0 Å². The maximum Gasteiger partial charge on any atom is 0.318 e. The third-order valence-corrected chi connectivity index (χ3v) is 5.21. The fourth-order valence-electron chi connectivity index (χ4n) is 3.61. The predicted octanol–water partition coefficient (Wildman–Crippen LogP) is 0.674. The normalized spacial score (nSPS) is 33.7. The van der Waals surface area contributed by atoms with Crippen LogP contribution in [0.5, 0.6) is 0 Å². The number of carbonyl (C=O) groups is 2. The van der Waals surface area contributed by atoms with Crippen LogP contribution >= 0.6 is 0 Å². The Balaban J connectivity index is 1.60. The van der Waals surface area contributed by atoms with Gasteiger partial charge in [0.05, 0.1) is 18.7 Å². The summed E-state index contributed by atoms with van der Waals surface area (Å²) in [5, 5.41) is 3.02. The standard InChI is InChI=1S/C15H25N3O3/c1-15(2)8-10(15)13(19)17-5-4-12-11(9-17)16-14(20)18(12)6-7-21-3/h10-12H,4-9H2,1-3H3,(H,16,20)/t10-,11-,12+/m1/s1. The van der Waals surface area contributed by atoms with Crippen molar-refractivity contribution >= 4 is 11.9 Å². The molecule has 0 spiro atoms. The van der Waals surface area contributed by atoms with Crippen molar-refractivity contribution in [2.75, 3.05) is 33.4 Å². The number of amides is 3. The van der Waals surface area contributed by atoms with Crippen LogP contribution in [0.3, 0.4) is 0 Å². The van der Waals surface area contributed by atoms with Crippen molar-refractivity contribution in [1.82, 2.24) is 15.1 Å². The minimum atomic E-state index is -0.0249. The van der Waals surface area contributed by atoms with Crippen molar-refractivity contribution < 1.29 is 14.3 Å². The van der Waals surface area contributed by atoms with Gasteiger partial charge in [0.15, 0.2) is 0 Å². The van der Waals surface area contributed by atoms with Crippen molar-refractivity contribution in [3.63, 3.8) is 0 Å². The van der Waals surface area contributed by atoms with Crippen LogP contribution in [0.2, 0.25) is 0 Å². The number of carbonyl (C=O) groups excluding carboxylic acids is 2. The molecule has 6 nitrogen and oxygen atoms in total. The summed E-state index contributed by atoms with van der Waals surface area (Å²) in [4.78, 5) is 28.3. The van der Waals surface area contributed by atoms with E-state index in [2.05, 4.69) is 19.2 Å². The molecule has 0 aromatic rings. The fraction of sp³-hybridized carbons (Fsp3) is 0.867. The van der Waals surface area contributed by atoms with Gasteiger partial charge in [-0.05, 0) is 18.3 Å². The van der Waals surface area contributed by atoms with Gasteiger partial charge in [0, 0.05) is 32.7 Å². The Morgan fingerprint density at radius 3 is 2.81 bits per heavy atom. The third kappa shape index (κ3) is 2.61. The second kappa shape index (κ2) is 5.16. The van der Waals surface area contributed by atoms with Crippen molar-refractivity contribution in [1.29, 1.82) is 0 Å². The van der Waals surface area contributed by atoms with Crippen molar-refractivity contribution in [2.24, 2.45) is 11.3 Å². The molecule has 0 unspecified atom stereocenters. The summed E-state index contributed by atoms with van der Waals surface area (Å²) in [5.74, 6) is 0.443. The number of piperidine rings is 1. The number of hydrogen-bond donors (Lipinski definition) is 1. The minimum absolute atomic E-state index is 0.0249. The van der Waals surface area contributed by atoms with Gasteiger partial charge in [0.25, 0.3) is 0 Å². The van der Waals surface area contributed by atoms with E-state index in [1.54, 1.807) is 7.11 Å². The summed E-state index contributed by atoms with van der Waals surface area (Å²) in [6.07, 6.45) is 1.84. The van der Waals surface area contributed by atoms with E-state index in [0.717, 1.165) is 19.4 Å². The molecule has 2 aliphatic heterocycles. The third-order valence-electron chi connectivity index (χ3n) is 5.21. The molecule has 3 amide bonds. The van der Waals surface area contributed by atoms with Gasteiger partial charge in [-0.15, -0.1) is 0 Å². The van der Waals surface area contributed by atoms with E-state index in [0.29, 0.717) is 19.7 Å². The number of urea groups is 1. The monoisotopic (exact) mass is 295 g/mol. The van der Waals surface area contributed by atoms with Gasteiger partial charge in [0.1, 0.15) is 0 Å². The smallest absolute Gasteiger partial charge is 0.318 e. The van der Waals surface area contributed by atoms with Crippen LogP contribution < -0.4 is 5.32 Å². The maximum atomic E-state index is 12.5. The lowest BCUT2D eigenvalue weighted by atomic mass is 9.99. The van der Waals surface area contributed by atoms with E-state index < -0.39 is 0 Å². The van der Waals surface area contributed by atoms with Crippen LogP contribution in [0.15, 0.2) is 0 Å². The van der Waals surface area contributed by atoms with Gasteiger partial charge in [-0.25, -0.2) is 4.79 Å².